The molecule has 0 amide bonds. The van der Waals surface area contributed by atoms with Crippen molar-refractivity contribution in [2.45, 2.75) is 76.7 Å². The standard InChI is InChI=1S/C16H36Se/c1-13(2)9-17(10-14(3)4,11-15(5)6)12-16(7)8/h13-16H,9-12H2,1-8H3. The third-order valence-electron chi connectivity index (χ3n) is 2.75. The van der Waals surface area contributed by atoms with E-state index in [0.29, 0.717) is 0 Å². The second-order valence-electron chi connectivity index (χ2n) is 7.47. The summed E-state index contributed by atoms with van der Waals surface area (Å²) in [6.45, 7) is 19.4. The Kier molecular flexibility index (Phi) is 8.09. The van der Waals surface area contributed by atoms with Crippen LogP contribution in [0.3, 0.4) is 0 Å². The first-order valence-electron chi connectivity index (χ1n) is 7.41. The van der Waals surface area contributed by atoms with Crippen molar-refractivity contribution in [1.82, 2.24) is 0 Å². The molecule has 0 aliphatic carbocycles. The Morgan fingerprint density at radius 2 is 0.647 bits per heavy atom. The van der Waals surface area contributed by atoms with Crippen molar-refractivity contribution in [2.75, 3.05) is 0 Å². The second kappa shape index (κ2) is 7.85. The maximum absolute atomic E-state index is 2.42. The molecule has 0 bridgehead atoms. The molecular weight excluding hydrogens is 271 g/mol. The minimum atomic E-state index is -1.25. The van der Waals surface area contributed by atoms with Gasteiger partial charge in [-0.3, -0.25) is 0 Å². The summed E-state index contributed by atoms with van der Waals surface area (Å²) in [6.07, 6.45) is 0. The summed E-state index contributed by atoms with van der Waals surface area (Å²) in [4.78, 5) is 0. The second-order valence-corrected chi connectivity index (χ2v) is 15.4. The Morgan fingerprint density at radius 3 is 0.765 bits per heavy atom. The molecule has 17 heavy (non-hydrogen) atoms. The molecule has 0 saturated heterocycles. The van der Waals surface area contributed by atoms with Crippen LogP contribution in [0.4, 0.5) is 0 Å². The van der Waals surface area contributed by atoms with Crippen molar-refractivity contribution < 1.29 is 0 Å². The fourth-order valence-electron chi connectivity index (χ4n) is 3.24. The Labute approximate surface area is 113 Å². The van der Waals surface area contributed by atoms with Gasteiger partial charge in [-0.25, -0.2) is 0 Å². The van der Waals surface area contributed by atoms with Crippen LogP contribution in [-0.2, 0) is 0 Å². The topological polar surface area (TPSA) is 0 Å². The fraction of sp³-hybridized carbons (Fsp3) is 1.00. The molecule has 0 fully saturated rings. The summed E-state index contributed by atoms with van der Waals surface area (Å²) in [6, 6.07) is 0. The summed E-state index contributed by atoms with van der Waals surface area (Å²) in [5.74, 6) is 3.58. The van der Waals surface area contributed by atoms with Crippen LogP contribution in [0, 0.1) is 23.7 Å². The van der Waals surface area contributed by atoms with Gasteiger partial charge in [-0.2, -0.15) is 0 Å². The molecule has 0 aliphatic rings. The zero-order valence-corrected chi connectivity index (χ0v) is 15.3. The molecule has 0 aromatic carbocycles. The van der Waals surface area contributed by atoms with E-state index < -0.39 is 12.8 Å². The SMILES string of the molecule is CC(C)C[Se](CC(C)C)(CC(C)C)CC(C)C. The van der Waals surface area contributed by atoms with Crippen LogP contribution in [0.1, 0.15) is 55.4 Å². The Balaban J connectivity index is 4.89. The molecule has 0 saturated carbocycles. The van der Waals surface area contributed by atoms with Crippen molar-refractivity contribution in [2.24, 2.45) is 23.7 Å². The molecule has 0 N–H and O–H groups in total. The van der Waals surface area contributed by atoms with Gasteiger partial charge in [0.15, 0.2) is 0 Å². The normalized spacial score (nSPS) is 14.4. The molecule has 106 valence electrons. The molecule has 0 atom stereocenters. The van der Waals surface area contributed by atoms with E-state index in [0.717, 1.165) is 23.7 Å². The van der Waals surface area contributed by atoms with Gasteiger partial charge in [0.2, 0.25) is 0 Å². The van der Waals surface area contributed by atoms with E-state index in [1.165, 1.54) is 0 Å². The molecule has 0 aliphatic heterocycles. The van der Waals surface area contributed by atoms with Gasteiger partial charge in [0.1, 0.15) is 0 Å². The first-order chi connectivity index (χ1) is 7.67. The van der Waals surface area contributed by atoms with Gasteiger partial charge in [0.05, 0.1) is 0 Å². The summed E-state index contributed by atoms with van der Waals surface area (Å²) >= 11 is -1.25. The van der Waals surface area contributed by atoms with Gasteiger partial charge < -0.3 is 0 Å². The molecule has 1 heteroatoms. The zero-order valence-electron chi connectivity index (χ0n) is 13.5. The first-order valence-corrected chi connectivity index (χ1v) is 12.3. The minimum absolute atomic E-state index is 0.895. The van der Waals surface area contributed by atoms with E-state index >= 15 is 0 Å². The molecule has 0 aromatic rings. The zero-order chi connectivity index (χ0) is 13.6. The summed E-state index contributed by atoms with van der Waals surface area (Å²) < 4.78 is 0. The Hall–Kier alpha value is 0.519. The van der Waals surface area contributed by atoms with Crippen molar-refractivity contribution >= 4 is 12.8 Å². The summed E-state index contributed by atoms with van der Waals surface area (Å²) in [7, 11) is 0. The quantitative estimate of drug-likeness (QED) is 0.478. The van der Waals surface area contributed by atoms with Crippen LogP contribution in [0.5, 0.6) is 0 Å². The first kappa shape index (κ1) is 17.5. The van der Waals surface area contributed by atoms with Gasteiger partial charge in [-0.1, -0.05) is 0 Å². The van der Waals surface area contributed by atoms with E-state index in [-0.39, 0.29) is 0 Å². The number of rotatable bonds is 8. The number of hydrogen-bond acceptors (Lipinski definition) is 0. The predicted octanol–water partition coefficient (Wildman–Crippen LogP) is 6.06. The third-order valence-corrected chi connectivity index (χ3v) is 14.3. The van der Waals surface area contributed by atoms with E-state index in [9.17, 15) is 0 Å². The van der Waals surface area contributed by atoms with Crippen molar-refractivity contribution in [3.8, 4) is 0 Å². The van der Waals surface area contributed by atoms with E-state index in [4.69, 9.17) is 0 Å². The average Bonchev–Trinajstić information content (AvgIpc) is 1.95. The van der Waals surface area contributed by atoms with Crippen LogP contribution in [0.15, 0.2) is 0 Å². The van der Waals surface area contributed by atoms with Crippen LogP contribution in [0.25, 0.3) is 0 Å². The van der Waals surface area contributed by atoms with Crippen LogP contribution >= 0.6 is 0 Å². The van der Waals surface area contributed by atoms with Crippen molar-refractivity contribution in [3.05, 3.63) is 0 Å². The van der Waals surface area contributed by atoms with Gasteiger partial charge >= 0.3 is 113 Å². The van der Waals surface area contributed by atoms with Gasteiger partial charge in [0.25, 0.3) is 0 Å². The molecule has 0 unspecified atom stereocenters. The van der Waals surface area contributed by atoms with Gasteiger partial charge in [0, 0.05) is 0 Å². The molecule has 0 nitrogen and oxygen atoms in total. The summed E-state index contributed by atoms with van der Waals surface area (Å²) in [5, 5.41) is 6.24. The molecular formula is C16H36Se. The predicted molar refractivity (Wildman–Crippen MR) is 84.3 cm³/mol. The van der Waals surface area contributed by atoms with E-state index in [1.807, 2.05) is 0 Å². The summed E-state index contributed by atoms with van der Waals surface area (Å²) in [5.41, 5.74) is 0. The third kappa shape index (κ3) is 8.27. The van der Waals surface area contributed by atoms with Gasteiger partial charge in [-0.15, -0.1) is 0 Å². The Bertz CT molecular complexity index is 146. The molecule has 0 rings (SSSR count). The van der Waals surface area contributed by atoms with Crippen LogP contribution in [0.2, 0.25) is 21.3 Å². The Morgan fingerprint density at radius 1 is 0.471 bits per heavy atom. The molecule has 0 aromatic heterocycles. The number of hydrogen-bond donors (Lipinski definition) is 0. The molecule has 0 spiro atoms. The average molecular weight is 307 g/mol. The van der Waals surface area contributed by atoms with Gasteiger partial charge in [-0.05, 0) is 0 Å². The van der Waals surface area contributed by atoms with E-state index in [2.05, 4.69) is 55.4 Å². The van der Waals surface area contributed by atoms with Crippen molar-refractivity contribution in [3.63, 3.8) is 0 Å². The fourth-order valence-corrected chi connectivity index (χ4v) is 16.8. The maximum atomic E-state index is 2.42. The van der Waals surface area contributed by atoms with E-state index in [1.54, 1.807) is 21.3 Å². The van der Waals surface area contributed by atoms with Crippen molar-refractivity contribution in [1.29, 1.82) is 0 Å². The van der Waals surface area contributed by atoms with Crippen LogP contribution < -0.4 is 0 Å². The van der Waals surface area contributed by atoms with Crippen LogP contribution in [-0.4, -0.2) is 12.8 Å². The molecule has 0 heterocycles. The molecule has 0 radical (unpaired) electrons. The monoisotopic (exact) mass is 308 g/mol.